The maximum atomic E-state index is 13.7. The minimum absolute atomic E-state index is 0.209. The van der Waals surface area contributed by atoms with Gasteiger partial charge in [-0.3, -0.25) is 19.2 Å². The van der Waals surface area contributed by atoms with Crippen molar-refractivity contribution in [2.75, 3.05) is 23.3 Å². The largest absolute Gasteiger partial charge is 0.484 e. The van der Waals surface area contributed by atoms with Crippen molar-refractivity contribution in [3.05, 3.63) is 75.9 Å². The first-order valence-corrected chi connectivity index (χ1v) is 11.0. The van der Waals surface area contributed by atoms with Gasteiger partial charge in [0.05, 0.1) is 16.3 Å². The molecule has 31 heavy (non-hydrogen) atoms. The molecule has 1 amide bonds. The molecule has 0 saturated carbocycles. The quantitative estimate of drug-likeness (QED) is 0.401. The molecule has 0 radical (unpaired) electrons. The normalized spacial score (nSPS) is 11.0. The third-order valence-electron chi connectivity index (χ3n) is 4.11. The van der Waals surface area contributed by atoms with E-state index in [0.717, 1.165) is 33.8 Å². The number of hydrogen-bond acceptors (Lipinski definition) is 7. The highest BCUT2D eigenvalue weighted by molar-refractivity contribution is 7.94. The molecule has 0 aliphatic rings. The van der Waals surface area contributed by atoms with Gasteiger partial charge in [0.1, 0.15) is 15.8 Å². The summed E-state index contributed by atoms with van der Waals surface area (Å²) in [4.78, 5) is 22.1. The number of sulfonamides is 1. The maximum Gasteiger partial charge on any atom is 0.273 e. The van der Waals surface area contributed by atoms with Gasteiger partial charge in [0, 0.05) is 19.2 Å². The van der Waals surface area contributed by atoms with E-state index in [1.165, 1.54) is 37.4 Å². The van der Waals surface area contributed by atoms with E-state index >= 15 is 0 Å². The van der Waals surface area contributed by atoms with Crippen molar-refractivity contribution in [1.82, 2.24) is 0 Å². The SMILES string of the molecule is CN(c1ccc(OCC(=O)Nc2cc([N+](=O)[O-])ccc2F)cc1)S(=O)(=O)c1cccs1. The summed E-state index contributed by atoms with van der Waals surface area (Å²) < 4.78 is 45.5. The molecule has 0 unspecified atom stereocenters. The molecule has 162 valence electrons. The van der Waals surface area contributed by atoms with Gasteiger partial charge < -0.3 is 10.1 Å². The summed E-state index contributed by atoms with van der Waals surface area (Å²) in [7, 11) is -2.25. The Morgan fingerprint density at radius 1 is 1.23 bits per heavy atom. The molecular weight excluding hydrogens is 449 g/mol. The van der Waals surface area contributed by atoms with Crippen LogP contribution >= 0.6 is 11.3 Å². The van der Waals surface area contributed by atoms with Gasteiger partial charge >= 0.3 is 0 Å². The Labute approximate surface area is 180 Å². The fraction of sp³-hybridized carbons (Fsp3) is 0.105. The number of halogens is 1. The average molecular weight is 465 g/mol. The second-order valence-electron chi connectivity index (χ2n) is 6.16. The second-order valence-corrected chi connectivity index (χ2v) is 9.30. The summed E-state index contributed by atoms with van der Waals surface area (Å²) >= 11 is 1.11. The van der Waals surface area contributed by atoms with E-state index in [0.29, 0.717) is 5.69 Å². The Morgan fingerprint density at radius 2 is 1.94 bits per heavy atom. The van der Waals surface area contributed by atoms with Crippen LogP contribution in [0.3, 0.4) is 0 Å². The van der Waals surface area contributed by atoms with E-state index in [1.807, 2.05) is 0 Å². The number of ether oxygens (including phenoxy) is 1. The number of benzene rings is 2. The van der Waals surface area contributed by atoms with Gasteiger partial charge in [0.2, 0.25) is 0 Å². The van der Waals surface area contributed by atoms with Crippen LogP contribution in [-0.2, 0) is 14.8 Å². The second kappa shape index (κ2) is 9.10. The molecular formula is C19H16FN3O6S2. The summed E-state index contributed by atoms with van der Waals surface area (Å²) in [5.41, 5.74) is -0.308. The summed E-state index contributed by atoms with van der Waals surface area (Å²) in [6.45, 7) is -0.481. The molecule has 0 fully saturated rings. The number of rotatable bonds is 8. The first-order chi connectivity index (χ1) is 14.7. The van der Waals surface area contributed by atoms with Crippen molar-refractivity contribution < 1.29 is 27.3 Å². The number of nitrogens with zero attached hydrogens (tertiary/aromatic N) is 2. The van der Waals surface area contributed by atoms with Crippen LogP contribution < -0.4 is 14.4 Å². The third kappa shape index (κ3) is 5.16. The van der Waals surface area contributed by atoms with E-state index in [2.05, 4.69) is 5.32 Å². The van der Waals surface area contributed by atoms with Crippen LogP contribution in [0.25, 0.3) is 0 Å². The van der Waals surface area contributed by atoms with Gasteiger partial charge in [-0.1, -0.05) is 6.07 Å². The number of carbonyl (C=O) groups is 1. The molecule has 0 bridgehead atoms. The number of thiophene rings is 1. The predicted octanol–water partition coefficient (Wildman–Crippen LogP) is 3.64. The first kappa shape index (κ1) is 22.2. The average Bonchev–Trinajstić information content (AvgIpc) is 3.29. The number of nitro groups is 1. The third-order valence-corrected chi connectivity index (χ3v) is 7.27. The van der Waals surface area contributed by atoms with E-state index < -0.39 is 33.3 Å². The standard InChI is InChI=1S/C19H16FN3O6S2/c1-22(31(27,28)19-3-2-10-30-19)13-4-7-15(8-5-13)29-12-18(24)21-17-11-14(23(25)26)6-9-16(17)20/h2-11H,12H2,1H3,(H,21,24). The molecule has 0 atom stereocenters. The van der Waals surface area contributed by atoms with Crippen LogP contribution in [0.1, 0.15) is 0 Å². The van der Waals surface area contributed by atoms with Gasteiger partial charge in [-0.05, 0) is 41.8 Å². The van der Waals surface area contributed by atoms with Crippen molar-refractivity contribution in [3.63, 3.8) is 0 Å². The Kier molecular flexibility index (Phi) is 6.51. The summed E-state index contributed by atoms with van der Waals surface area (Å²) in [5.74, 6) is -1.26. The molecule has 0 saturated heterocycles. The van der Waals surface area contributed by atoms with Crippen molar-refractivity contribution in [2.45, 2.75) is 4.21 Å². The lowest BCUT2D eigenvalue weighted by atomic mass is 10.2. The zero-order valence-corrected chi connectivity index (χ0v) is 17.7. The minimum Gasteiger partial charge on any atom is -0.484 e. The molecule has 1 aromatic heterocycles. The van der Waals surface area contributed by atoms with Crippen molar-refractivity contribution in [1.29, 1.82) is 0 Å². The van der Waals surface area contributed by atoms with Crippen molar-refractivity contribution in [3.8, 4) is 5.75 Å². The monoisotopic (exact) mass is 465 g/mol. The Balaban J connectivity index is 1.61. The summed E-state index contributed by atoms with van der Waals surface area (Å²) in [6.07, 6.45) is 0. The lowest BCUT2D eigenvalue weighted by Crippen LogP contribution is -2.25. The van der Waals surface area contributed by atoms with Crippen LogP contribution in [0.15, 0.2) is 64.2 Å². The molecule has 0 aliphatic carbocycles. The molecule has 2 aromatic carbocycles. The smallest absolute Gasteiger partial charge is 0.273 e. The number of anilines is 2. The molecule has 9 nitrogen and oxygen atoms in total. The molecule has 0 aliphatic heterocycles. The van der Waals surface area contributed by atoms with E-state index in [1.54, 1.807) is 11.4 Å². The number of nitro benzene ring substituents is 1. The topological polar surface area (TPSA) is 119 Å². The first-order valence-electron chi connectivity index (χ1n) is 8.67. The number of hydrogen-bond donors (Lipinski definition) is 1. The number of amides is 1. The van der Waals surface area contributed by atoms with E-state index in [4.69, 9.17) is 4.74 Å². The van der Waals surface area contributed by atoms with Crippen molar-refractivity contribution in [2.24, 2.45) is 0 Å². The summed E-state index contributed by atoms with van der Waals surface area (Å²) in [6, 6.07) is 11.9. The lowest BCUT2D eigenvalue weighted by Gasteiger charge is -2.18. The van der Waals surface area contributed by atoms with Gasteiger partial charge in [-0.15, -0.1) is 11.3 Å². The minimum atomic E-state index is -3.67. The number of nitrogens with one attached hydrogen (secondary N) is 1. The van der Waals surface area contributed by atoms with Gasteiger partial charge in [-0.2, -0.15) is 0 Å². The predicted molar refractivity (Wildman–Crippen MR) is 114 cm³/mol. The molecule has 3 rings (SSSR count). The molecule has 1 N–H and O–H groups in total. The fourth-order valence-corrected chi connectivity index (χ4v) is 4.85. The Hall–Kier alpha value is -3.51. The zero-order valence-electron chi connectivity index (χ0n) is 16.0. The van der Waals surface area contributed by atoms with Crippen LogP contribution in [-0.4, -0.2) is 32.9 Å². The van der Waals surface area contributed by atoms with Gasteiger partial charge in [0.25, 0.3) is 21.6 Å². The zero-order chi connectivity index (χ0) is 22.6. The van der Waals surface area contributed by atoms with Crippen molar-refractivity contribution >= 4 is 44.3 Å². The van der Waals surface area contributed by atoms with Gasteiger partial charge in [-0.25, -0.2) is 12.8 Å². The van der Waals surface area contributed by atoms with Crippen LogP contribution in [0.5, 0.6) is 5.75 Å². The van der Waals surface area contributed by atoms with Crippen LogP contribution in [0.2, 0.25) is 0 Å². The fourth-order valence-electron chi connectivity index (χ4n) is 2.49. The Morgan fingerprint density at radius 3 is 2.55 bits per heavy atom. The van der Waals surface area contributed by atoms with Gasteiger partial charge in [0.15, 0.2) is 6.61 Å². The van der Waals surface area contributed by atoms with Crippen LogP contribution in [0.4, 0.5) is 21.5 Å². The number of carbonyl (C=O) groups excluding carboxylic acids is 1. The Bertz CT molecular complexity index is 1200. The molecule has 12 heteroatoms. The molecule has 0 spiro atoms. The van der Waals surface area contributed by atoms with E-state index in [-0.39, 0.29) is 21.3 Å². The lowest BCUT2D eigenvalue weighted by molar-refractivity contribution is -0.384. The highest BCUT2D eigenvalue weighted by atomic mass is 32.2. The highest BCUT2D eigenvalue weighted by Crippen LogP contribution is 2.26. The molecule has 1 heterocycles. The molecule has 3 aromatic rings. The van der Waals surface area contributed by atoms with E-state index in [9.17, 15) is 27.7 Å². The maximum absolute atomic E-state index is 13.7. The number of non-ortho nitro benzene ring substituents is 1. The van der Waals surface area contributed by atoms with Crippen LogP contribution in [0, 0.1) is 15.9 Å². The summed E-state index contributed by atoms with van der Waals surface area (Å²) in [5, 5.41) is 14.7. The highest BCUT2D eigenvalue weighted by Gasteiger charge is 2.22.